The van der Waals surface area contributed by atoms with Gasteiger partial charge in [0.1, 0.15) is 4.88 Å². The number of primary amides is 1. The quantitative estimate of drug-likeness (QED) is 0.771. The lowest BCUT2D eigenvalue weighted by Crippen LogP contribution is -2.40. The van der Waals surface area contributed by atoms with Crippen LogP contribution in [0.5, 0.6) is 0 Å². The lowest BCUT2D eigenvalue weighted by atomic mass is 10.2. The van der Waals surface area contributed by atoms with E-state index < -0.39 is 5.91 Å². The molecule has 0 atom stereocenters. The molecule has 0 spiro atoms. The molecule has 0 aliphatic rings. The number of carbonyl (C=O) groups is 2. The Morgan fingerprint density at radius 3 is 2.76 bits per heavy atom. The largest absolute Gasteiger partial charge is 0.395 e. The molecule has 0 saturated heterocycles. The van der Waals surface area contributed by atoms with Crippen LogP contribution >= 0.6 is 11.3 Å². The fourth-order valence-electron chi connectivity index (χ4n) is 1.78. The molecule has 1 aromatic heterocycles. The molecular formula is C15H20N2O3S. The topological polar surface area (TPSA) is 83.6 Å². The molecule has 2 amide bonds. The molecule has 21 heavy (non-hydrogen) atoms. The van der Waals surface area contributed by atoms with Crippen LogP contribution in [0.1, 0.15) is 35.5 Å². The van der Waals surface area contributed by atoms with Crippen molar-refractivity contribution in [1.82, 2.24) is 4.90 Å². The smallest absolute Gasteiger partial charge is 0.265 e. The number of hydrogen-bond acceptors (Lipinski definition) is 4. The van der Waals surface area contributed by atoms with Crippen LogP contribution in [-0.2, 0) is 4.79 Å². The molecular weight excluding hydrogens is 288 g/mol. The zero-order chi connectivity index (χ0) is 15.8. The van der Waals surface area contributed by atoms with Crippen LogP contribution in [0.4, 0.5) is 0 Å². The Morgan fingerprint density at radius 1 is 1.48 bits per heavy atom. The van der Waals surface area contributed by atoms with E-state index >= 15 is 0 Å². The first-order chi connectivity index (χ1) is 9.95. The molecule has 0 unspecified atom stereocenters. The Labute approximate surface area is 128 Å². The molecule has 0 aromatic carbocycles. The number of carbonyl (C=O) groups excluding carboxylic acids is 2. The minimum Gasteiger partial charge on any atom is -0.395 e. The molecule has 1 aromatic rings. The Balaban J connectivity index is 2.96. The van der Waals surface area contributed by atoms with Crippen LogP contribution in [0.25, 0.3) is 0 Å². The summed E-state index contributed by atoms with van der Waals surface area (Å²) in [7, 11) is 0. The number of aliphatic hydroxyl groups is 1. The highest BCUT2D eigenvalue weighted by Crippen LogP contribution is 2.19. The van der Waals surface area contributed by atoms with Gasteiger partial charge in [0.15, 0.2) is 0 Å². The number of nitrogens with two attached hydrogens (primary N) is 1. The number of aliphatic hydroxyl groups excluding tert-OH is 1. The number of thiophene rings is 1. The molecule has 3 N–H and O–H groups in total. The molecule has 114 valence electrons. The number of amides is 2. The monoisotopic (exact) mass is 308 g/mol. The van der Waals surface area contributed by atoms with E-state index in [2.05, 4.69) is 11.8 Å². The van der Waals surface area contributed by atoms with Crippen LogP contribution in [0.2, 0.25) is 0 Å². The summed E-state index contributed by atoms with van der Waals surface area (Å²) in [5.41, 5.74) is 5.83. The third-order valence-corrected chi connectivity index (χ3v) is 3.44. The van der Waals surface area contributed by atoms with Gasteiger partial charge >= 0.3 is 0 Å². The van der Waals surface area contributed by atoms with E-state index in [4.69, 9.17) is 10.8 Å². The number of rotatable bonds is 6. The maximum Gasteiger partial charge on any atom is 0.265 e. The first-order valence-electron chi connectivity index (χ1n) is 6.70. The highest BCUT2D eigenvalue weighted by atomic mass is 32.1. The van der Waals surface area contributed by atoms with Crippen molar-refractivity contribution < 1.29 is 14.7 Å². The van der Waals surface area contributed by atoms with Crippen molar-refractivity contribution in [3.63, 3.8) is 0 Å². The summed E-state index contributed by atoms with van der Waals surface area (Å²) < 4.78 is 0. The SMILES string of the molecule is CC(C)CN(CC(N)=O)C(=O)c1sccc1C#CCCO. The van der Waals surface area contributed by atoms with E-state index in [1.54, 1.807) is 11.4 Å². The van der Waals surface area contributed by atoms with Crippen molar-refractivity contribution in [2.24, 2.45) is 11.7 Å². The summed E-state index contributed by atoms with van der Waals surface area (Å²) in [4.78, 5) is 25.6. The van der Waals surface area contributed by atoms with Gasteiger partial charge in [0, 0.05) is 18.5 Å². The van der Waals surface area contributed by atoms with Gasteiger partial charge in [0.2, 0.25) is 5.91 Å². The average molecular weight is 308 g/mol. The van der Waals surface area contributed by atoms with Gasteiger partial charge < -0.3 is 15.7 Å². The second kappa shape index (κ2) is 8.45. The molecule has 1 rings (SSSR count). The number of hydrogen-bond donors (Lipinski definition) is 2. The van der Waals surface area contributed by atoms with Gasteiger partial charge in [-0.15, -0.1) is 11.3 Å². The number of nitrogens with zero attached hydrogens (tertiary/aromatic N) is 1. The predicted molar refractivity (Wildman–Crippen MR) is 82.8 cm³/mol. The first-order valence-corrected chi connectivity index (χ1v) is 7.58. The van der Waals surface area contributed by atoms with Crippen LogP contribution in [-0.4, -0.2) is 41.5 Å². The minimum absolute atomic E-state index is 0.0123. The van der Waals surface area contributed by atoms with Crippen LogP contribution < -0.4 is 5.73 Å². The highest BCUT2D eigenvalue weighted by Gasteiger charge is 2.21. The van der Waals surface area contributed by atoms with Crippen molar-refractivity contribution in [3.05, 3.63) is 21.9 Å². The van der Waals surface area contributed by atoms with Gasteiger partial charge in [-0.1, -0.05) is 25.7 Å². The lowest BCUT2D eigenvalue weighted by molar-refractivity contribution is -0.118. The molecule has 5 nitrogen and oxygen atoms in total. The molecule has 1 heterocycles. The molecule has 0 fully saturated rings. The Hall–Kier alpha value is -1.84. The van der Waals surface area contributed by atoms with Crippen molar-refractivity contribution in [3.8, 4) is 11.8 Å². The summed E-state index contributed by atoms with van der Waals surface area (Å²) in [6.45, 7) is 4.29. The van der Waals surface area contributed by atoms with Crippen LogP contribution in [0.15, 0.2) is 11.4 Å². The van der Waals surface area contributed by atoms with Gasteiger partial charge in [0.25, 0.3) is 5.91 Å². The third-order valence-electron chi connectivity index (χ3n) is 2.54. The zero-order valence-corrected chi connectivity index (χ0v) is 13.1. The zero-order valence-electron chi connectivity index (χ0n) is 12.3. The predicted octanol–water partition coefficient (Wildman–Crippen LogP) is 1.07. The van der Waals surface area contributed by atoms with Gasteiger partial charge in [-0.25, -0.2) is 0 Å². The van der Waals surface area contributed by atoms with E-state index in [9.17, 15) is 9.59 Å². The maximum atomic E-state index is 12.5. The van der Waals surface area contributed by atoms with Gasteiger partial charge in [-0.05, 0) is 17.4 Å². The second-order valence-electron chi connectivity index (χ2n) is 4.98. The average Bonchev–Trinajstić information content (AvgIpc) is 2.84. The van der Waals surface area contributed by atoms with E-state index in [1.807, 2.05) is 13.8 Å². The van der Waals surface area contributed by atoms with Crippen LogP contribution in [0.3, 0.4) is 0 Å². The summed E-state index contributed by atoms with van der Waals surface area (Å²) in [6, 6.07) is 1.76. The molecule has 0 radical (unpaired) electrons. The normalized spacial score (nSPS) is 10.1. The van der Waals surface area contributed by atoms with Crippen molar-refractivity contribution in [2.75, 3.05) is 19.7 Å². The third kappa shape index (κ3) is 5.58. The molecule has 0 aliphatic carbocycles. The maximum absolute atomic E-state index is 12.5. The fraction of sp³-hybridized carbons (Fsp3) is 0.467. The summed E-state index contributed by atoms with van der Waals surface area (Å²) in [6.07, 6.45) is 0.362. The lowest BCUT2D eigenvalue weighted by Gasteiger charge is -2.22. The Kier molecular flexibility index (Phi) is 6.92. The standard InChI is InChI=1S/C15H20N2O3S/c1-11(2)9-17(10-13(16)19)15(20)14-12(6-8-21-14)5-3-4-7-18/h6,8,11,18H,4,7,9-10H2,1-2H3,(H2,16,19). The molecule has 0 aliphatic heterocycles. The van der Waals surface area contributed by atoms with E-state index in [0.717, 1.165) is 0 Å². The molecule has 0 saturated carbocycles. The van der Waals surface area contributed by atoms with E-state index in [-0.39, 0.29) is 25.0 Å². The van der Waals surface area contributed by atoms with Gasteiger partial charge in [-0.3, -0.25) is 9.59 Å². The van der Waals surface area contributed by atoms with Gasteiger partial charge in [-0.2, -0.15) is 0 Å². The highest BCUT2D eigenvalue weighted by molar-refractivity contribution is 7.12. The Bertz CT molecular complexity index is 555. The molecule has 6 heteroatoms. The van der Waals surface area contributed by atoms with Crippen molar-refractivity contribution in [1.29, 1.82) is 0 Å². The summed E-state index contributed by atoms with van der Waals surface area (Å²) >= 11 is 1.29. The first kappa shape index (κ1) is 17.2. The van der Waals surface area contributed by atoms with E-state index in [0.29, 0.717) is 23.4 Å². The van der Waals surface area contributed by atoms with Crippen molar-refractivity contribution in [2.45, 2.75) is 20.3 Å². The molecule has 0 bridgehead atoms. The Morgan fingerprint density at radius 2 is 2.19 bits per heavy atom. The summed E-state index contributed by atoms with van der Waals surface area (Å²) in [5.74, 6) is 5.14. The second-order valence-corrected chi connectivity index (χ2v) is 5.90. The van der Waals surface area contributed by atoms with Crippen molar-refractivity contribution >= 4 is 23.2 Å². The minimum atomic E-state index is -0.534. The van der Waals surface area contributed by atoms with Gasteiger partial charge in [0.05, 0.1) is 13.2 Å². The fourth-order valence-corrected chi connectivity index (χ4v) is 2.59. The van der Waals surface area contributed by atoms with Crippen LogP contribution in [0, 0.1) is 17.8 Å². The van der Waals surface area contributed by atoms with E-state index in [1.165, 1.54) is 16.2 Å². The summed E-state index contributed by atoms with van der Waals surface area (Å²) in [5, 5.41) is 10.5.